The number of rotatable bonds is 0. The Bertz CT molecular complexity index is 73.8. The molecular formula is C4H6I2O. The Morgan fingerprint density at radius 1 is 1.71 bits per heavy atom. The second-order valence-corrected chi connectivity index (χ2v) is 7.32. The molecule has 0 N–H and O–H groups in total. The average molecular weight is 324 g/mol. The molecule has 0 saturated carbocycles. The summed E-state index contributed by atoms with van der Waals surface area (Å²) in [6, 6.07) is 0. The van der Waals surface area contributed by atoms with E-state index in [-0.39, 0.29) is 1.61 Å². The SMILES string of the molecule is CC1CC(I)(I)O1. The molecule has 3 heteroatoms. The van der Waals surface area contributed by atoms with Gasteiger partial charge in [0.15, 0.2) is 1.61 Å². The van der Waals surface area contributed by atoms with Gasteiger partial charge in [0.1, 0.15) is 0 Å². The van der Waals surface area contributed by atoms with Crippen LogP contribution in [0.2, 0.25) is 0 Å². The Morgan fingerprint density at radius 2 is 2.14 bits per heavy atom. The molecule has 1 rings (SSSR count). The van der Waals surface area contributed by atoms with Crippen molar-refractivity contribution in [2.24, 2.45) is 0 Å². The Balaban J connectivity index is 2.29. The predicted octanol–water partition coefficient (Wildman–Crippen LogP) is 2.32. The van der Waals surface area contributed by atoms with Crippen molar-refractivity contribution in [2.45, 2.75) is 21.1 Å². The lowest BCUT2D eigenvalue weighted by Crippen LogP contribution is -2.38. The van der Waals surface area contributed by atoms with Gasteiger partial charge in [-0.1, -0.05) is 0 Å². The third kappa shape index (κ3) is 1.67. The van der Waals surface area contributed by atoms with Crippen molar-refractivity contribution in [3.05, 3.63) is 0 Å². The zero-order valence-electron chi connectivity index (χ0n) is 3.95. The van der Waals surface area contributed by atoms with Crippen molar-refractivity contribution >= 4 is 45.2 Å². The highest BCUT2D eigenvalue weighted by molar-refractivity contribution is 14.2. The van der Waals surface area contributed by atoms with Crippen LogP contribution in [0.25, 0.3) is 0 Å². The minimum absolute atomic E-state index is 0.134. The number of ether oxygens (including phenoxy) is 1. The lowest BCUT2D eigenvalue weighted by atomic mass is 10.2. The summed E-state index contributed by atoms with van der Waals surface area (Å²) in [6.45, 7) is 2.09. The number of hydrogen-bond acceptors (Lipinski definition) is 1. The van der Waals surface area contributed by atoms with Crippen LogP contribution in [0.3, 0.4) is 0 Å². The van der Waals surface area contributed by atoms with E-state index < -0.39 is 0 Å². The molecule has 1 saturated heterocycles. The van der Waals surface area contributed by atoms with E-state index in [2.05, 4.69) is 52.1 Å². The quantitative estimate of drug-likeness (QED) is 0.491. The average Bonchev–Trinajstić information content (AvgIpc) is 1.27. The first-order valence-corrected chi connectivity index (χ1v) is 4.31. The Labute approximate surface area is 70.5 Å². The minimum atomic E-state index is 0.134. The van der Waals surface area contributed by atoms with Gasteiger partial charge in [-0.3, -0.25) is 0 Å². The van der Waals surface area contributed by atoms with Crippen LogP contribution in [0.5, 0.6) is 0 Å². The molecule has 0 bridgehead atoms. The molecule has 1 nitrogen and oxygen atoms in total. The van der Waals surface area contributed by atoms with Gasteiger partial charge < -0.3 is 4.74 Å². The van der Waals surface area contributed by atoms with E-state index in [0.717, 1.165) is 0 Å². The molecule has 0 aromatic rings. The summed E-state index contributed by atoms with van der Waals surface area (Å²) < 4.78 is 5.43. The fourth-order valence-electron chi connectivity index (χ4n) is 0.619. The third-order valence-corrected chi connectivity index (χ3v) is 2.29. The lowest BCUT2D eigenvalue weighted by molar-refractivity contribution is -0.0617. The summed E-state index contributed by atoms with van der Waals surface area (Å²) >= 11 is 4.61. The fraction of sp³-hybridized carbons (Fsp3) is 1.00. The smallest absolute Gasteiger partial charge is 0.172 e. The molecule has 0 aliphatic carbocycles. The summed E-state index contributed by atoms with van der Waals surface area (Å²) in [4.78, 5) is 0. The maximum atomic E-state index is 5.30. The van der Waals surface area contributed by atoms with Gasteiger partial charge in [-0.2, -0.15) is 0 Å². The van der Waals surface area contributed by atoms with Crippen LogP contribution in [-0.2, 0) is 4.74 Å². The Hall–Kier alpha value is 1.42. The van der Waals surface area contributed by atoms with Crippen LogP contribution in [0.4, 0.5) is 0 Å². The van der Waals surface area contributed by atoms with E-state index in [1.165, 1.54) is 6.42 Å². The van der Waals surface area contributed by atoms with Gasteiger partial charge in [-0.25, -0.2) is 0 Å². The molecule has 0 spiro atoms. The first kappa shape index (κ1) is 6.54. The molecule has 42 valence electrons. The van der Waals surface area contributed by atoms with E-state index >= 15 is 0 Å². The van der Waals surface area contributed by atoms with Gasteiger partial charge >= 0.3 is 0 Å². The fourth-order valence-corrected chi connectivity index (χ4v) is 2.73. The number of hydrogen-bond donors (Lipinski definition) is 0. The van der Waals surface area contributed by atoms with Crippen LogP contribution in [0.1, 0.15) is 13.3 Å². The topological polar surface area (TPSA) is 9.23 Å². The van der Waals surface area contributed by atoms with Gasteiger partial charge in [-0.05, 0) is 52.1 Å². The largest absolute Gasteiger partial charge is 0.352 e. The summed E-state index contributed by atoms with van der Waals surface area (Å²) in [6.07, 6.45) is 1.68. The molecule has 0 aromatic heterocycles. The van der Waals surface area contributed by atoms with E-state index in [9.17, 15) is 0 Å². The molecule has 7 heavy (non-hydrogen) atoms. The Kier molecular flexibility index (Phi) is 1.85. The van der Waals surface area contributed by atoms with Gasteiger partial charge in [0.2, 0.25) is 0 Å². The van der Waals surface area contributed by atoms with Crippen molar-refractivity contribution < 1.29 is 4.74 Å². The molecule has 0 amide bonds. The highest BCUT2D eigenvalue weighted by Gasteiger charge is 2.37. The van der Waals surface area contributed by atoms with Gasteiger partial charge in [0, 0.05) is 6.42 Å². The van der Waals surface area contributed by atoms with Crippen molar-refractivity contribution in [1.29, 1.82) is 0 Å². The molecule has 0 radical (unpaired) electrons. The maximum Gasteiger partial charge on any atom is 0.172 e. The van der Waals surface area contributed by atoms with Crippen molar-refractivity contribution in [2.75, 3.05) is 0 Å². The second-order valence-electron chi connectivity index (χ2n) is 1.77. The van der Waals surface area contributed by atoms with Gasteiger partial charge in [-0.15, -0.1) is 0 Å². The highest BCUT2D eigenvalue weighted by Crippen LogP contribution is 2.44. The van der Waals surface area contributed by atoms with Gasteiger partial charge in [0.05, 0.1) is 6.10 Å². The molecule has 1 aliphatic rings. The predicted molar refractivity (Wildman–Crippen MR) is 45.9 cm³/mol. The maximum absolute atomic E-state index is 5.30. The third-order valence-electron chi connectivity index (χ3n) is 0.899. The standard InChI is InChI=1S/C4H6I2O/c1-3-2-4(5,6)7-3/h3H,2H2,1H3. The highest BCUT2D eigenvalue weighted by atomic mass is 127. The van der Waals surface area contributed by atoms with E-state index in [0.29, 0.717) is 6.10 Å². The zero-order chi connectivity index (χ0) is 5.49. The van der Waals surface area contributed by atoms with Crippen molar-refractivity contribution in [1.82, 2.24) is 0 Å². The van der Waals surface area contributed by atoms with E-state index in [1.54, 1.807) is 0 Å². The lowest BCUT2D eigenvalue weighted by Gasteiger charge is -2.37. The molecule has 1 heterocycles. The second kappa shape index (κ2) is 1.98. The normalized spacial score (nSPS) is 37.3. The van der Waals surface area contributed by atoms with Crippen molar-refractivity contribution in [3.63, 3.8) is 0 Å². The summed E-state index contributed by atoms with van der Waals surface area (Å²) in [5.74, 6) is 0. The van der Waals surface area contributed by atoms with Crippen molar-refractivity contribution in [3.8, 4) is 0 Å². The molecule has 0 aromatic carbocycles. The zero-order valence-corrected chi connectivity index (χ0v) is 8.26. The van der Waals surface area contributed by atoms with Crippen LogP contribution in [0.15, 0.2) is 0 Å². The Morgan fingerprint density at radius 3 is 2.14 bits per heavy atom. The minimum Gasteiger partial charge on any atom is -0.352 e. The number of halogens is 2. The van der Waals surface area contributed by atoms with Crippen LogP contribution < -0.4 is 0 Å². The van der Waals surface area contributed by atoms with Gasteiger partial charge in [0.25, 0.3) is 0 Å². The summed E-state index contributed by atoms with van der Waals surface area (Å²) in [7, 11) is 0. The molecular weight excluding hydrogens is 318 g/mol. The number of alkyl halides is 2. The van der Waals surface area contributed by atoms with Crippen LogP contribution >= 0.6 is 45.2 Å². The first-order chi connectivity index (χ1) is 3.10. The summed E-state index contributed by atoms with van der Waals surface area (Å²) in [5, 5.41) is 0. The summed E-state index contributed by atoms with van der Waals surface area (Å²) in [5.41, 5.74) is 0. The van der Waals surface area contributed by atoms with E-state index in [4.69, 9.17) is 4.74 Å². The first-order valence-electron chi connectivity index (χ1n) is 2.16. The van der Waals surface area contributed by atoms with E-state index in [1.807, 2.05) is 0 Å². The monoisotopic (exact) mass is 324 g/mol. The molecule has 1 atom stereocenters. The molecule has 1 unspecified atom stereocenters. The van der Waals surface area contributed by atoms with Crippen LogP contribution in [-0.4, -0.2) is 7.72 Å². The molecule has 1 fully saturated rings. The molecule has 1 aliphatic heterocycles. The van der Waals surface area contributed by atoms with Crippen LogP contribution in [0, 0.1) is 0 Å².